The number of cyclic esters (lactones) is 1. The van der Waals surface area contributed by atoms with Gasteiger partial charge in [0, 0.05) is 39.9 Å². The molecule has 12 rings (SSSR count). The Morgan fingerprint density at radius 1 is 0.733 bits per heavy atom. The molecule has 21 nitrogen and oxygen atoms in total. The number of primary amides is 1. The molecule has 8 N–H and O–H groups in total. The van der Waals surface area contributed by atoms with Crippen LogP contribution in [0.1, 0.15) is 74.9 Å². The van der Waals surface area contributed by atoms with Crippen molar-refractivity contribution in [2.24, 2.45) is 11.7 Å². The first-order valence-electron chi connectivity index (χ1n) is 28.4. The number of phenolic OH excluding ortho intramolecular Hbond substituents is 1. The highest BCUT2D eigenvalue weighted by molar-refractivity contribution is 6.24. The molecular formula is C69H54N6O15. The zero-order chi connectivity index (χ0) is 63.0. The summed E-state index contributed by atoms with van der Waals surface area (Å²) in [6, 6.07) is 44.2. The lowest BCUT2D eigenvalue weighted by molar-refractivity contribution is -0.179. The summed E-state index contributed by atoms with van der Waals surface area (Å²) in [6.45, 7) is 0.934. The Bertz CT molecular complexity index is 4460. The van der Waals surface area contributed by atoms with E-state index in [1.54, 1.807) is 121 Å². The maximum atomic E-state index is 16.5. The summed E-state index contributed by atoms with van der Waals surface area (Å²) < 4.78 is 24.1. The maximum Gasteiger partial charge on any atom is 0.411 e. The number of anilines is 2. The summed E-state index contributed by atoms with van der Waals surface area (Å²) in [6.07, 6.45) is -2.05. The minimum absolute atomic E-state index is 0.0216. The fraction of sp³-hybridized carbons (Fsp3) is 0.159. The highest BCUT2D eigenvalue weighted by atomic mass is 16.6. The molecule has 4 heterocycles. The molecule has 0 bridgehead atoms. The monoisotopic (exact) mass is 1210 g/mol. The Morgan fingerprint density at radius 2 is 1.44 bits per heavy atom. The Kier molecular flexibility index (Phi) is 15.8. The molecule has 2 saturated heterocycles. The van der Waals surface area contributed by atoms with Gasteiger partial charge < -0.3 is 50.3 Å². The van der Waals surface area contributed by atoms with Gasteiger partial charge in [-0.25, -0.2) is 24.1 Å². The molecule has 1 unspecified atom stereocenters. The largest absolute Gasteiger partial charge is 0.508 e. The number of fused-ring (bicyclic) bond motifs is 5. The molecule has 0 saturated carbocycles. The van der Waals surface area contributed by atoms with Crippen LogP contribution >= 0.6 is 0 Å². The number of urea groups is 2. The van der Waals surface area contributed by atoms with Gasteiger partial charge in [-0.3, -0.25) is 29.4 Å². The van der Waals surface area contributed by atoms with Crippen LogP contribution in [0.3, 0.4) is 0 Å². The van der Waals surface area contributed by atoms with E-state index in [0.717, 1.165) is 4.90 Å². The van der Waals surface area contributed by atoms with Crippen molar-refractivity contribution in [3.8, 4) is 45.8 Å². The minimum atomic E-state index is -2.34. The second-order valence-corrected chi connectivity index (χ2v) is 21.6. The number of esters is 1. The number of morpholine rings is 1. The van der Waals surface area contributed by atoms with Gasteiger partial charge in [-0.1, -0.05) is 121 Å². The average Bonchev–Trinajstić information content (AvgIpc) is 1.50. The van der Waals surface area contributed by atoms with Crippen LogP contribution in [0, 0.1) is 17.8 Å². The van der Waals surface area contributed by atoms with Crippen LogP contribution in [0.5, 0.6) is 11.5 Å². The number of amides is 6. The summed E-state index contributed by atoms with van der Waals surface area (Å²) >= 11 is 0. The van der Waals surface area contributed by atoms with Gasteiger partial charge in [-0.15, -0.1) is 0 Å². The van der Waals surface area contributed by atoms with Crippen LogP contribution < -0.4 is 36.7 Å². The molecular weight excluding hydrogens is 1150 g/mol. The van der Waals surface area contributed by atoms with Gasteiger partial charge in [0.05, 0.1) is 35.9 Å². The highest BCUT2D eigenvalue weighted by Crippen LogP contribution is 2.66. The molecule has 2 fully saturated rings. The number of hydrogen-bond donors (Lipinski definition) is 7. The SMILES string of the molecule is C[C@@H](NC(=O)N1C(=O)[C@@]2(c3cc(C#CCNC(N)=O)ccc31)[C@H](c1cccc(OCCOC(=O)Nc3ccc(-c4c5ccc(=O)cc-5oc5cc(O)ccc45)c(C(=O)O)c3)c1)N1C(C(=O)O[C@@H](c3ccccc3)[C@H]1c1ccccc1)[C@@H]2C(=O)O)c1ccccc1. The van der Waals surface area contributed by atoms with Gasteiger partial charge >= 0.3 is 36.1 Å². The summed E-state index contributed by atoms with van der Waals surface area (Å²) in [7, 11) is 0. The van der Waals surface area contributed by atoms with Gasteiger partial charge in [0.15, 0.2) is 5.43 Å². The number of carbonyl (C=O) groups excluding carboxylic acids is 5. The number of benzene rings is 8. The number of aliphatic carboxylic acids is 1. The van der Waals surface area contributed by atoms with E-state index in [1.165, 1.54) is 60.7 Å². The number of aromatic carboxylic acids is 1. The van der Waals surface area contributed by atoms with Crippen LogP contribution in [0.4, 0.5) is 25.8 Å². The average molecular weight is 1210 g/mol. The van der Waals surface area contributed by atoms with E-state index in [0.29, 0.717) is 33.2 Å². The normalized spacial score (nSPS) is 19.4. The number of ether oxygens (including phenoxy) is 3. The third-order valence-corrected chi connectivity index (χ3v) is 16.4. The van der Waals surface area contributed by atoms with Crippen molar-refractivity contribution >= 4 is 64.3 Å². The molecule has 6 amide bonds. The van der Waals surface area contributed by atoms with E-state index in [1.807, 2.05) is 18.2 Å². The number of imide groups is 1. The number of phenols is 1. The molecule has 1 aliphatic carbocycles. The van der Waals surface area contributed by atoms with Crippen LogP contribution in [0.25, 0.3) is 33.4 Å². The number of aromatic hydroxyl groups is 1. The van der Waals surface area contributed by atoms with Gasteiger partial charge in [0.1, 0.15) is 59.5 Å². The number of hydrogen-bond acceptors (Lipinski definition) is 14. The first-order valence-corrected chi connectivity index (χ1v) is 28.4. The van der Waals surface area contributed by atoms with E-state index in [2.05, 4.69) is 27.8 Å². The Hall–Kier alpha value is -11.8. The molecule has 90 heavy (non-hydrogen) atoms. The lowest BCUT2D eigenvalue weighted by Crippen LogP contribution is -2.54. The van der Waals surface area contributed by atoms with Crippen molar-refractivity contribution in [2.45, 2.75) is 42.6 Å². The maximum absolute atomic E-state index is 16.5. The first-order chi connectivity index (χ1) is 43.5. The number of carboxylic acids is 2. The molecule has 5 aliphatic rings. The molecule has 7 atom stereocenters. The van der Waals surface area contributed by atoms with Crippen LogP contribution in [0.2, 0.25) is 0 Å². The number of nitrogens with one attached hydrogen (secondary N) is 3. The minimum Gasteiger partial charge on any atom is -0.508 e. The second kappa shape index (κ2) is 24.2. The van der Waals surface area contributed by atoms with E-state index >= 15 is 14.4 Å². The smallest absolute Gasteiger partial charge is 0.411 e. The molecule has 1 spiro atoms. The van der Waals surface area contributed by atoms with Gasteiger partial charge in [-0.2, -0.15) is 0 Å². The molecule has 450 valence electrons. The standard InChI is InChI=1S/C69H54N6O15/c1-38(40-14-5-2-6-15-40)72-67(85)74-53-29-22-39(13-12-30-71-66(70)84)33-52(53)69(65(74)83)57(63(80)81)59-64(82)90-60(42-18-9-4-10-19-42)58(41-16-7-3-8-17-41)75(59)61(69)43-20-11-21-47(34-43)87-31-32-88-68(86)73-44-23-26-48(51(35-44)62(78)79)56-49-27-24-45(76)36-54(49)89-55-37-46(77)25-28-50(55)56/h2-11,14-29,33-38,57-61,76H,30-32H2,1H3,(H,72,85)(H,73,86)(H,78,79)(H,80,81)(H3,70,71,84)/t38-,57-,58-,59?,60+,61+,69-/m1/s1. The van der Waals surface area contributed by atoms with Crippen molar-refractivity contribution < 1.29 is 67.5 Å². The molecule has 7 aromatic carbocycles. The zero-order valence-electron chi connectivity index (χ0n) is 47.7. The molecule has 0 radical (unpaired) electrons. The summed E-state index contributed by atoms with van der Waals surface area (Å²) in [5.74, 6) is -0.762. The molecule has 7 aromatic rings. The van der Waals surface area contributed by atoms with Gasteiger partial charge in [0.25, 0.3) is 0 Å². The fourth-order valence-corrected chi connectivity index (χ4v) is 12.7. The third-order valence-electron chi connectivity index (χ3n) is 16.4. The van der Waals surface area contributed by atoms with Gasteiger partial charge in [0.2, 0.25) is 5.91 Å². The van der Waals surface area contributed by atoms with Crippen molar-refractivity contribution in [3.05, 3.63) is 237 Å². The van der Waals surface area contributed by atoms with Crippen molar-refractivity contribution in [1.82, 2.24) is 15.5 Å². The number of rotatable bonds is 14. The number of nitrogens with two attached hydrogens (primary N) is 1. The second-order valence-electron chi connectivity index (χ2n) is 21.6. The van der Waals surface area contributed by atoms with E-state index < -0.39 is 83.6 Å². The summed E-state index contributed by atoms with van der Waals surface area (Å²) in [4.78, 5) is 114. The summed E-state index contributed by atoms with van der Waals surface area (Å²) in [5, 5.41) is 41.0. The number of carbonyl (C=O) groups is 7. The molecule has 21 heteroatoms. The van der Waals surface area contributed by atoms with E-state index in [4.69, 9.17) is 24.4 Å². The summed E-state index contributed by atoms with van der Waals surface area (Å²) in [5.41, 5.74) is 6.20. The first kappa shape index (κ1) is 58.6. The third kappa shape index (κ3) is 10.8. The van der Waals surface area contributed by atoms with Crippen LogP contribution in [0.15, 0.2) is 197 Å². The van der Waals surface area contributed by atoms with Crippen molar-refractivity contribution in [1.29, 1.82) is 0 Å². The van der Waals surface area contributed by atoms with E-state index in [9.17, 15) is 39.3 Å². The molecule has 4 aliphatic heterocycles. The predicted octanol–water partition coefficient (Wildman–Crippen LogP) is 9.84. The van der Waals surface area contributed by atoms with Crippen LogP contribution in [-0.2, 0) is 29.3 Å². The fourth-order valence-electron chi connectivity index (χ4n) is 12.7. The predicted molar refractivity (Wildman–Crippen MR) is 327 cm³/mol. The Balaban J connectivity index is 0.905. The molecule has 0 aromatic heterocycles. The highest BCUT2D eigenvalue weighted by Gasteiger charge is 2.76. The van der Waals surface area contributed by atoms with Crippen molar-refractivity contribution in [3.63, 3.8) is 0 Å². The number of carboxylic acid groups (broad SMARTS) is 2. The van der Waals surface area contributed by atoms with Crippen molar-refractivity contribution in [2.75, 3.05) is 30.0 Å². The van der Waals surface area contributed by atoms with Crippen LogP contribution in [-0.4, -0.2) is 88.0 Å². The van der Waals surface area contributed by atoms with E-state index in [-0.39, 0.29) is 87.2 Å². The van der Waals surface area contributed by atoms with Gasteiger partial charge in [-0.05, 0) is 107 Å². The quantitative estimate of drug-likeness (QED) is 0.0230. The Morgan fingerprint density at radius 3 is 2.17 bits per heavy atom. The topological polar surface area (TPSA) is 307 Å². The lowest BCUT2D eigenvalue weighted by atomic mass is 9.65. The number of nitrogens with zero attached hydrogens (tertiary/aromatic N) is 2. The Labute approximate surface area is 512 Å². The lowest BCUT2D eigenvalue weighted by Gasteiger charge is -2.46. The zero-order valence-corrected chi connectivity index (χ0v) is 47.7.